The maximum Gasteiger partial charge on any atom is 0.0856 e. The van der Waals surface area contributed by atoms with Gasteiger partial charge in [0.1, 0.15) is 0 Å². The van der Waals surface area contributed by atoms with E-state index in [1.54, 1.807) is 0 Å². The van der Waals surface area contributed by atoms with E-state index in [-0.39, 0.29) is 6.15 Å². The van der Waals surface area contributed by atoms with Gasteiger partial charge >= 0.3 is 0 Å². The second kappa shape index (κ2) is 5.55. The van der Waals surface area contributed by atoms with Crippen molar-refractivity contribution in [2.24, 2.45) is 4.99 Å². The number of aliphatic imine (C=N–C) groups is 1. The van der Waals surface area contributed by atoms with Crippen LogP contribution in [0.4, 0.5) is 0 Å². The van der Waals surface area contributed by atoms with Gasteiger partial charge in [-0.3, -0.25) is 4.99 Å². The van der Waals surface area contributed by atoms with Crippen molar-refractivity contribution in [3.63, 3.8) is 0 Å². The molecule has 0 radical (unpaired) electrons. The van der Waals surface area contributed by atoms with Gasteiger partial charge in [-0.1, -0.05) is 12.2 Å². The third kappa shape index (κ3) is 2.51. The van der Waals surface area contributed by atoms with E-state index in [0.29, 0.717) is 6.04 Å². The van der Waals surface area contributed by atoms with Gasteiger partial charge in [0.25, 0.3) is 0 Å². The Morgan fingerprint density at radius 3 is 2.75 bits per heavy atom. The highest BCUT2D eigenvalue weighted by Gasteiger charge is 2.12. The molecule has 1 rings (SSSR count). The Balaban J connectivity index is 0.00000121. The van der Waals surface area contributed by atoms with Gasteiger partial charge in [0.15, 0.2) is 0 Å². The van der Waals surface area contributed by atoms with E-state index < -0.39 is 0 Å². The fraction of sp³-hybridized carbons (Fsp3) is 0.444. The molecule has 0 spiro atoms. The molecule has 1 heterocycles. The highest BCUT2D eigenvalue weighted by Crippen LogP contribution is 2.06. The molecule has 3 nitrogen and oxygen atoms in total. The summed E-state index contributed by atoms with van der Waals surface area (Å²) in [6.07, 6.45) is 6.71. The predicted molar refractivity (Wildman–Crippen MR) is 53.9 cm³/mol. The van der Waals surface area contributed by atoms with Crippen molar-refractivity contribution in [3.05, 3.63) is 25.3 Å². The summed E-state index contributed by atoms with van der Waals surface area (Å²) in [4.78, 5) is 6.32. The molecule has 0 amide bonds. The molecule has 0 bridgehead atoms. The summed E-state index contributed by atoms with van der Waals surface area (Å²) < 4.78 is 0. The first-order valence-corrected chi connectivity index (χ1v) is 3.87. The monoisotopic (exact) mass is 167 g/mol. The summed E-state index contributed by atoms with van der Waals surface area (Å²) in [5, 5.41) is 0. The molecule has 0 aliphatic carbocycles. The number of rotatable bonds is 4. The minimum Gasteiger partial charge on any atom is -0.354 e. The van der Waals surface area contributed by atoms with Crippen molar-refractivity contribution in [2.75, 3.05) is 13.1 Å². The van der Waals surface area contributed by atoms with Crippen LogP contribution in [0, 0.1) is 0 Å². The highest BCUT2D eigenvalue weighted by molar-refractivity contribution is 5.58. The molecule has 12 heavy (non-hydrogen) atoms. The van der Waals surface area contributed by atoms with Crippen LogP contribution >= 0.6 is 0 Å². The first-order chi connectivity index (χ1) is 5.38. The van der Waals surface area contributed by atoms with Crippen LogP contribution < -0.4 is 6.15 Å². The Hall–Kier alpha value is -1.09. The van der Waals surface area contributed by atoms with Crippen molar-refractivity contribution in [2.45, 2.75) is 12.5 Å². The molecule has 1 atom stereocenters. The molecule has 0 aromatic carbocycles. The van der Waals surface area contributed by atoms with Crippen LogP contribution in [0.2, 0.25) is 0 Å². The Kier molecular flexibility index (Phi) is 5.04. The summed E-state index contributed by atoms with van der Waals surface area (Å²) in [6, 6.07) is 0.388. The maximum absolute atomic E-state index is 4.13. The SMILES string of the molecule is C=CCC(C=C)N1C=NCC1.N. The van der Waals surface area contributed by atoms with Crippen molar-refractivity contribution >= 4 is 6.34 Å². The average Bonchev–Trinajstić information content (AvgIpc) is 2.52. The molecule has 0 fully saturated rings. The van der Waals surface area contributed by atoms with Gasteiger partial charge in [0, 0.05) is 6.54 Å². The Morgan fingerprint density at radius 2 is 2.33 bits per heavy atom. The second-order valence-corrected chi connectivity index (χ2v) is 2.59. The van der Waals surface area contributed by atoms with E-state index >= 15 is 0 Å². The Bertz CT molecular complexity index is 175. The molecule has 1 aliphatic rings. The van der Waals surface area contributed by atoms with Crippen LogP contribution in [0.5, 0.6) is 0 Å². The molecule has 1 unspecified atom stereocenters. The standard InChI is InChI=1S/C9H14N2.H3N/c1-3-5-9(4-2)11-7-6-10-8-11;/h3-4,8-9H,1-2,5-7H2;1H3. The lowest BCUT2D eigenvalue weighted by atomic mass is 10.2. The van der Waals surface area contributed by atoms with E-state index in [1.165, 1.54) is 0 Å². The van der Waals surface area contributed by atoms with Gasteiger partial charge in [-0.25, -0.2) is 0 Å². The first kappa shape index (κ1) is 10.9. The summed E-state index contributed by atoms with van der Waals surface area (Å²) in [7, 11) is 0. The number of nitrogens with zero attached hydrogens (tertiary/aromatic N) is 2. The van der Waals surface area contributed by atoms with Crippen molar-refractivity contribution in [3.8, 4) is 0 Å². The van der Waals surface area contributed by atoms with Gasteiger partial charge < -0.3 is 11.1 Å². The minimum absolute atomic E-state index is 0. The minimum atomic E-state index is 0. The summed E-state index contributed by atoms with van der Waals surface area (Å²) >= 11 is 0. The molecule has 1 aliphatic heterocycles. The molecular formula is C9H17N3. The van der Waals surface area contributed by atoms with Gasteiger partial charge in [-0.2, -0.15) is 0 Å². The molecular weight excluding hydrogens is 150 g/mol. The lowest BCUT2D eigenvalue weighted by Crippen LogP contribution is -2.30. The topological polar surface area (TPSA) is 50.6 Å². The van der Waals surface area contributed by atoms with Crippen molar-refractivity contribution in [1.29, 1.82) is 0 Å². The quantitative estimate of drug-likeness (QED) is 0.647. The molecule has 0 aromatic rings. The summed E-state index contributed by atoms with van der Waals surface area (Å²) in [5.41, 5.74) is 0. The average molecular weight is 167 g/mol. The van der Waals surface area contributed by atoms with E-state index in [4.69, 9.17) is 0 Å². The number of hydrogen-bond acceptors (Lipinski definition) is 3. The van der Waals surface area contributed by atoms with E-state index in [1.807, 2.05) is 18.5 Å². The summed E-state index contributed by atoms with van der Waals surface area (Å²) in [5.74, 6) is 0. The molecule has 0 saturated heterocycles. The molecule has 3 N–H and O–H groups in total. The molecule has 3 heteroatoms. The lowest BCUT2D eigenvalue weighted by molar-refractivity contribution is 0.400. The van der Waals surface area contributed by atoms with Crippen LogP contribution in [0.3, 0.4) is 0 Å². The van der Waals surface area contributed by atoms with Crippen LogP contribution in [0.25, 0.3) is 0 Å². The molecule has 0 aromatic heterocycles. The van der Waals surface area contributed by atoms with Crippen LogP contribution in [-0.2, 0) is 0 Å². The van der Waals surface area contributed by atoms with Crippen LogP contribution in [0.15, 0.2) is 30.3 Å². The fourth-order valence-electron chi connectivity index (χ4n) is 1.18. The third-order valence-corrected chi connectivity index (χ3v) is 1.82. The first-order valence-electron chi connectivity index (χ1n) is 3.87. The zero-order valence-electron chi connectivity index (χ0n) is 7.45. The van der Waals surface area contributed by atoms with Crippen molar-refractivity contribution < 1.29 is 0 Å². The lowest BCUT2D eigenvalue weighted by Gasteiger charge is -2.21. The Morgan fingerprint density at radius 1 is 1.58 bits per heavy atom. The normalized spacial score (nSPS) is 16.8. The highest BCUT2D eigenvalue weighted by atomic mass is 15.2. The fourth-order valence-corrected chi connectivity index (χ4v) is 1.18. The van der Waals surface area contributed by atoms with E-state index in [0.717, 1.165) is 19.5 Å². The number of hydrogen-bond donors (Lipinski definition) is 1. The van der Waals surface area contributed by atoms with Gasteiger partial charge in [-0.15, -0.1) is 13.2 Å². The van der Waals surface area contributed by atoms with Crippen LogP contribution in [0.1, 0.15) is 6.42 Å². The van der Waals surface area contributed by atoms with Gasteiger partial charge in [0.05, 0.1) is 18.9 Å². The van der Waals surface area contributed by atoms with Crippen LogP contribution in [-0.4, -0.2) is 30.4 Å². The van der Waals surface area contributed by atoms with Gasteiger partial charge in [0.2, 0.25) is 0 Å². The predicted octanol–water partition coefficient (Wildman–Crippen LogP) is 1.62. The van der Waals surface area contributed by atoms with Crippen molar-refractivity contribution in [1.82, 2.24) is 11.1 Å². The van der Waals surface area contributed by atoms with E-state index in [2.05, 4.69) is 23.1 Å². The zero-order chi connectivity index (χ0) is 8.10. The maximum atomic E-state index is 4.13. The smallest absolute Gasteiger partial charge is 0.0856 e. The largest absolute Gasteiger partial charge is 0.354 e. The Labute approximate surface area is 74.1 Å². The zero-order valence-corrected chi connectivity index (χ0v) is 7.45. The second-order valence-electron chi connectivity index (χ2n) is 2.59. The molecule has 0 saturated carbocycles. The molecule has 68 valence electrons. The summed E-state index contributed by atoms with van der Waals surface area (Å²) in [6.45, 7) is 9.41. The third-order valence-electron chi connectivity index (χ3n) is 1.82. The van der Waals surface area contributed by atoms with Gasteiger partial charge in [-0.05, 0) is 6.42 Å². The van der Waals surface area contributed by atoms with E-state index in [9.17, 15) is 0 Å².